The van der Waals surface area contributed by atoms with Gasteiger partial charge in [-0.15, -0.1) is 0 Å². The van der Waals surface area contributed by atoms with Gasteiger partial charge in [0, 0.05) is 11.6 Å². The van der Waals surface area contributed by atoms with Gasteiger partial charge in [0.25, 0.3) is 0 Å². The first kappa shape index (κ1) is 12.3. The van der Waals surface area contributed by atoms with E-state index in [1.807, 2.05) is 12.1 Å². The highest BCUT2D eigenvalue weighted by atomic mass is 35.5. The van der Waals surface area contributed by atoms with Gasteiger partial charge in [-0.3, -0.25) is 0 Å². The number of nitrogens with two attached hydrogens (primary N) is 1. The normalized spacial score (nSPS) is 12.2. The molecule has 0 aliphatic rings. The highest BCUT2D eigenvalue weighted by molar-refractivity contribution is 7.80. The Balaban J connectivity index is 2.88. The number of hydrogen-bond acceptors (Lipinski definition) is 2. The summed E-state index contributed by atoms with van der Waals surface area (Å²) in [6.07, 6.45) is 1.05. The van der Waals surface area contributed by atoms with Gasteiger partial charge in [-0.25, -0.2) is 0 Å². The molecule has 15 heavy (non-hydrogen) atoms. The lowest BCUT2D eigenvalue weighted by Crippen LogP contribution is -2.14. The Kier molecular flexibility index (Phi) is 4.36. The van der Waals surface area contributed by atoms with Crippen LogP contribution in [0.2, 0.25) is 5.02 Å². The number of benzene rings is 1. The molecule has 0 fully saturated rings. The van der Waals surface area contributed by atoms with Crippen LogP contribution in [0, 0.1) is 0 Å². The van der Waals surface area contributed by atoms with E-state index in [4.69, 9.17) is 29.6 Å². The summed E-state index contributed by atoms with van der Waals surface area (Å²) >= 11 is 11.0. The van der Waals surface area contributed by atoms with Crippen molar-refractivity contribution in [3.63, 3.8) is 0 Å². The zero-order chi connectivity index (χ0) is 11.4. The van der Waals surface area contributed by atoms with Crippen LogP contribution in [0.1, 0.15) is 25.8 Å². The third-order valence-electron chi connectivity index (χ3n) is 2.27. The summed E-state index contributed by atoms with van der Waals surface area (Å²) < 4.78 is 0. The van der Waals surface area contributed by atoms with Gasteiger partial charge in [-0.2, -0.15) is 0 Å². The van der Waals surface area contributed by atoms with E-state index in [0.29, 0.717) is 16.1 Å². The Labute approximate surface area is 101 Å². The Morgan fingerprint density at radius 3 is 2.73 bits per heavy atom. The Morgan fingerprint density at radius 1 is 1.60 bits per heavy atom. The number of nitrogens with one attached hydrogen (secondary N) is 1. The lowest BCUT2D eigenvalue weighted by Gasteiger charge is -2.14. The molecule has 0 aromatic heterocycles. The Bertz CT molecular complexity index is 366. The molecule has 0 saturated heterocycles. The van der Waals surface area contributed by atoms with Crippen molar-refractivity contribution in [2.24, 2.45) is 5.73 Å². The summed E-state index contributed by atoms with van der Waals surface area (Å²) in [5.74, 6) is 0. The van der Waals surface area contributed by atoms with Crippen LogP contribution in [-0.4, -0.2) is 11.0 Å². The topological polar surface area (TPSA) is 38.0 Å². The molecule has 0 amide bonds. The molecule has 0 aliphatic carbocycles. The maximum Gasteiger partial charge on any atom is 0.104 e. The molecule has 0 saturated carbocycles. The molecule has 1 rings (SSSR count). The molecule has 0 radical (unpaired) electrons. The highest BCUT2D eigenvalue weighted by Gasteiger charge is 2.05. The van der Waals surface area contributed by atoms with Crippen molar-refractivity contribution >= 4 is 34.5 Å². The monoisotopic (exact) mass is 242 g/mol. The van der Waals surface area contributed by atoms with Crippen molar-refractivity contribution in [2.45, 2.75) is 26.3 Å². The minimum Gasteiger partial charge on any atom is -0.389 e. The first-order valence-corrected chi connectivity index (χ1v) is 5.69. The molecule has 0 heterocycles. The average Bonchev–Trinajstić information content (AvgIpc) is 2.20. The van der Waals surface area contributed by atoms with Crippen LogP contribution >= 0.6 is 23.8 Å². The van der Waals surface area contributed by atoms with E-state index in [1.54, 1.807) is 6.07 Å². The third kappa shape index (κ3) is 3.36. The van der Waals surface area contributed by atoms with Gasteiger partial charge in [-0.1, -0.05) is 30.7 Å². The average molecular weight is 243 g/mol. The predicted molar refractivity (Wildman–Crippen MR) is 70.7 cm³/mol. The SMILES string of the molecule is CCC(C)Nc1ccc(C(N)=S)cc1Cl. The minimum atomic E-state index is 0.368. The molecule has 3 N–H and O–H groups in total. The number of thiocarbonyl (C=S) groups is 1. The zero-order valence-corrected chi connectivity index (χ0v) is 10.5. The largest absolute Gasteiger partial charge is 0.389 e. The summed E-state index contributed by atoms with van der Waals surface area (Å²) in [4.78, 5) is 0.368. The van der Waals surface area contributed by atoms with Crippen molar-refractivity contribution in [3.8, 4) is 0 Å². The molecule has 82 valence electrons. The molecule has 1 atom stereocenters. The number of hydrogen-bond donors (Lipinski definition) is 2. The van der Waals surface area contributed by atoms with E-state index in [-0.39, 0.29) is 0 Å². The van der Waals surface area contributed by atoms with Gasteiger partial charge in [0.2, 0.25) is 0 Å². The molecule has 0 bridgehead atoms. The van der Waals surface area contributed by atoms with Crippen LogP contribution in [-0.2, 0) is 0 Å². The van der Waals surface area contributed by atoms with E-state index >= 15 is 0 Å². The van der Waals surface area contributed by atoms with Crippen LogP contribution < -0.4 is 11.1 Å². The highest BCUT2D eigenvalue weighted by Crippen LogP contribution is 2.24. The lowest BCUT2D eigenvalue weighted by molar-refractivity contribution is 0.764. The third-order valence-corrected chi connectivity index (χ3v) is 2.82. The predicted octanol–water partition coefficient (Wildman–Crippen LogP) is 3.18. The lowest BCUT2D eigenvalue weighted by atomic mass is 10.2. The van der Waals surface area contributed by atoms with Gasteiger partial charge in [-0.05, 0) is 31.5 Å². The summed E-state index contributed by atoms with van der Waals surface area (Å²) in [7, 11) is 0. The second-order valence-corrected chi connectivity index (χ2v) is 4.36. The molecule has 4 heteroatoms. The van der Waals surface area contributed by atoms with Crippen LogP contribution in [0.15, 0.2) is 18.2 Å². The maximum absolute atomic E-state index is 6.10. The van der Waals surface area contributed by atoms with Gasteiger partial charge >= 0.3 is 0 Å². The number of anilines is 1. The second kappa shape index (κ2) is 5.33. The van der Waals surface area contributed by atoms with Crippen LogP contribution in [0.25, 0.3) is 0 Å². The molecule has 1 aromatic carbocycles. The second-order valence-electron chi connectivity index (χ2n) is 3.51. The van der Waals surface area contributed by atoms with E-state index < -0.39 is 0 Å². The summed E-state index contributed by atoms with van der Waals surface area (Å²) in [6.45, 7) is 4.23. The molecule has 2 nitrogen and oxygen atoms in total. The Hall–Kier alpha value is -0.800. The van der Waals surface area contributed by atoms with E-state index in [0.717, 1.165) is 17.7 Å². The van der Waals surface area contributed by atoms with Crippen molar-refractivity contribution in [1.29, 1.82) is 0 Å². The smallest absolute Gasteiger partial charge is 0.104 e. The van der Waals surface area contributed by atoms with Gasteiger partial charge in [0.15, 0.2) is 0 Å². The molecule has 1 unspecified atom stereocenters. The van der Waals surface area contributed by atoms with Crippen molar-refractivity contribution < 1.29 is 0 Å². The van der Waals surface area contributed by atoms with Crippen LogP contribution in [0.4, 0.5) is 5.69 Å². The van der Waals surface area contributed by atoms with Crippen molar-refractivity contribution in [1.82, 2.24) is 0 Å². The van der Waals surface area contributed by atoms with Gasteiger partial charge in [0.05, 0.1) is 10.7 Å². The number of rotatable bonds is 4. The molecule has 0 spiro atoms. The van der Waals surface area contributed by atoms with E-state index in [2.05, 4.69) is 19.2 Å². The summed E-state index contributed by atoms with van der Waals surface area (Å²) in [6, 6.07) is 5.97. The van der Waals surface area contributed by atoms with Crippen LogP contribution in [0.5, 0.6) is 0 Å². The van der Waals surface area contributed by atoms with E-state index in [9.17, 15) is 0 Å². The zero-order valence-electron chi connectivity index (χ0n) is 8.88. The fourth-order valence-corrected chi connectivity index (χ4v) is 1.52. The molecular weight excluding hydrogens is 228 g/mol. The fourth-order valence-electron chi connectivity index (χ4n) is 1.15. The standard InChI is InChI=1S/C11H15ClN2S/c1-3-7(2)14-10-5-4-8(11(13)15)6-9(10)12/h4-7,14H,3H2,1-2H3,(H2,13,15). The summed E-state index contributed by atoms with van der Waals surface area (Å²) in [5, 5.41) is 3.96. The number of halogens is 1. The Morgan fingerprint density at radius 2 is 2.27 bits per heavy atom. The first-order chi connectivity index (χ1) is 7.04. The summed E-state index contributed by atoms with van der Waals surface area (Å²) in [5.41, 5.74) is 7.23. The molecule has 0 aliphatic heterocycles. The van der Waals surface area contributed by atoms with Crippen molar-refractivity contribution in [2.75, 3.05) is 5.32 Å². The quantitative estimate of drug-likeness (QED) is 0.797. The maximum atomic E-state index is 6.10. The fraction of sp³-hybridized carbons (Fsp3) is 0.364. The van der Waals surface area contributed by atoms with Gasteiger partial charge < -0.3 is 11.1 Å². The van der Waals surface area contributed by atoms with Crippen molar-refractivity contribution in [3.05, 3.63) is 28.8 Å². The van der Waals surface area contributed by atoms with Crippen LogP contribution in [0.3, 0.4) is 0 Å². The first-order valence-electron chi connectivity index (χ1n) is 4.90. The van der Waals surface area contributed by atoms with E-state index in [1.165, 1.54) is 0 Å². The van der Waals surface area contributed by atoms with Gasteiger partial charge in [0.1, 0.15) is 4.99 Å². The minimum absolute atomic E-state index is 0.368. The molecule has 1 aromatic rings. The molecular formula is C11H15ClN2S.